The van der Waals surface area contributed by atoms with Crippen LogP contribution in [0.25, 0.3) is 10.8 Å². The van der Waals surface area contributed by atoms with E-state index in [1.807, 2.05) is 11.8 Å². The predicted octanol–water partition coefficient (Wildman–Crippen LogP) is 5.78. The molecule has 36 heavy (non-hydrogen) atoms. The minimum Gasteiger partial charge on any atom is -0.368 e. The van der Waals surface area contributed by atoms with Crippen LogP contribution in [0.4, 0.5) is 11.5 Å². The Bertz CT molecular complexity index is 1280. The zero-order chi connectivity index (χ0) is 25.6. The average molecular weight is 486 g/mol. The maximum Gasteiger partial charge on any atom is 0.225 e. The van der Waals surface area contributed by atoms with Crippen LogP contribution in [0, 0.1) is 19.8 Å². The van der Waals surface area contributed by atoms with Crippen LogP contribution in [0.15, 0.2) is 36.4 Å². The summed E-state index contributed by atoms with van der Waals surface area (Å²) in [5, 5.41) is 14.9. The van der Waals surface area contributed by atoms with Crippen LogP contribution < -0.4 is 10.2 Å². The van der Waals surface area contributed by atoms with Crippen LogP contribution in [0.1, 0.15) is 69.0 Å². The van der Waals surface area contributed by atoms with Crippen LogP contribution in [0.5, 0.6) is 0 Å². The number of aromatic nitrogens is 2. The van der Waals surface area contributed by atoms with Crippen molar-refractivity contribution in [2.45, 2.75) is 65.8 Å². The Hall–Kier alpha value is -3.15. The molecule has 1 amide bonds. The predicted molar refractivity (Wildman–Crippen MR) is 148 cm³/mol. The van der Waals surface area contributed by atoms with Gasteiger partial charge in [-0.2, -0.15) is 5.10 Å². The Morgan fingerprint density at radius 1 is 1.00 bits per heavy atom. The zero-order valence-corrected chi connectivity index (χ0v) is 22.6. The van der Waals surface area contributed by atoms with E-state index in [0.29, 0.717) is 11.8 Å². The van der Waals surface area contributed by atoms with Crippen LogP contribution in [-0.4, -0.2) is 47.2 Å². The Kier molecular flexibility index (Phi) is 6.39. The Morgan fingerprint density at radius 2 is 1.72 bits per heavy atom. The van der Waals surface area contributed by atoms with Gasteiger partial charge in [0.1, 0.15) is 0 Å². The highest BCUT2D eigenvalue weighted by Crippen LogP contribution is 2.34. The van der Waals surface area contributed by atoms with Gasteiger partial charge in [0.15, 0.2) is 5.82 Å². The first-order valence-corrected chi connectivity index (χ1v) is 13.3. The van der Waals surface area contributed by atoms with Crippen molar-refractivity contribution in [3.05, 3.63) is 58.8 Å². The van der Waals surface area contributed by atoms with Gasteiger partial charge >= 0.3 is 0 Å². The maximum atomic E-state index is 12.5. The van der Waals surface area contributed by atoms with E-state index in [0.717, 1.165) is 61.3 Å². The summed E-state index contributed by atoms with van der Waals surface area (Å²) < 4.78 is 0. The monoisotopic (exact) mass is 485 g/mol. The molecule has 1 aromatic heterocycles. The number of rotatable bonds is 5. The molecule has 1 N–H and O–H groups in total. The minimum absolute atomic E-state index is 0.0909. The third-order valence-corrected chi connectivity index (χ3v) is 7.83. The molecule has 1 aliphatic heterocycles. The van der Waals surface area contributed by atoms with Gasteiger partial charge in [-0.3, -0.25) is 4.79 Å². The van der Waals surface area contributed by atoms with Gasteiger partial charge in [0, 0.05) is 48.6 Å². The zero-order valence-electron chi connectivity index (χ0n) is 22.6. The third kappa shape index (κ3) is 4.78. The number of piperazine rings is 1. The molecule has 2 aliphatic rings. The van der Waals surface area contributed by atoms with Gasteiger partial charge in [0.25, 0.3) is 0 Å². The van der Waals surface area contributed by atoms with Crippen molar-refractivity contribution in [2.75, 3.05) is 36.4 Å². The van der Waals surface area contributed by atoms with Crippen molar-refractivity contribution in [1.29, 1.82) is 0 Å². The Labute approximate surface area is 215 Å². The fraction of sp³-hybridized carbons (Fsp3) is 0.500. The van der Waals surface area contributed by atoms with E-state index >= 15 is 0 Å². The molecule has 6 heteroatoms. The molecular weight excluding hydrogens is 446 g/mol. The molecule has 2 aromatic carbocycles. The molecule has 5 rings (SSSR count). The lowest BCUT2D eigenvalue weighted by Crippen LogP contribution is -2.49. The Balaban J connectivity index is 1.40. The molecule has 2 fully saturated rings. The largest absolute Gasteiger partial charge is 0.368 e. The first kappa shape index (κ1) is 24.5. The molecule has 0 bridgehead atoms. The Morgan fingerprint density at radius 3 is 2.39 bits per heavy atom. The average Bonchev–Trinajstić information content (AvgIpc) is 3.70. The molecule has 0 radical (unpaired) electrons. The summed E-state index contributed by atoms with van der Waals surface area (Å²) in [4.78, 5) is 16.9. The standard InChI is InChI=1S/C30H39N5O/c1-19-24(8-7-9-27(19)30(4,5)6)20(2)31-28-26-18-23(12-13-25(26)21(3)32-33-28)34-14-16-35(17-15-34)29(36)22-10-11-22/h7-9,12-13,18,20,22H,10-11,14-17H2,1-6H3,(H,31,33)/t20-/m1/s1. The molecule has 0 spiro atoms. The summed E-state index contributed by atoms with van der Waals surface area (Å²) in [6.07, 6.45) is 2.14. The second kappa shape index (κ2) is 9.38. The molecule has 1 atom stereocenters. The number of nitrogens with one attached hydrogen (secondary N) is 1. The summed E-state index contributed by atoms with van der Waals surface area (Å²) in [7, 11) is 0. The van der Waals surface area contributed by atoms with Gasteiger partial charge in [0.05, 0.1) is 11.7 Å². The lowest BCUT2D eigenvalue weighted by Gasteiger charge is -2.36. The molecule has 190 valence electrons. The quantitative estimate of drug-likeness (QED) is 0.497. The number of amides is 1. The van der Waals surface area contributed by atoms with Crippen LogP contribution >= 0.6 is 0 Å². The molecule has 1 saturated heterocycles. The van der Waals surface area contributed by atoms with Crippen LogP contribution in [0.3, 0.4) is 0 Å². The third-order valence-electron chi connectivity index (χ3n) is 7.83. The van der Waals surface area contributed by atoms with Gasteiger partial charge < -0.3 is 15.1 Å². The maximum absolute atomic E-state index is 12.5. The summed E-state index contributed by atoms with van der Waals surface area (Å²) in [5.41, 5.74) is 6.18. The number of fused-ring (bicyclic) bond motifs is 1. The lowest BCUT2D eigenvalue weighted by molar-refractivity contribution is -0.132. The normalized spacial score (nSPS) is 17.4. The summed E-state index contributed by atoms with van der Waals surface area (Å²) >= 11 is 0. The second-order valence-corrected chi connectivity index (χ2v) is 11.6. The minimum atomic E-state index is 0.0909. The number of carbonyl (C=O) groups is 1. The highest BCUT2D eigenvalue weighted by Gasteiger charge is 2.34. The van der Waals surface area contributed by atoms with E-state index in [4.69, 9.17) is 0 Å². The lowest BCUT2D eigenvalue weighted by atomic mass is 9.81. The van der Waals surface area contributed by atoms with Crippen molar-refractivity contribution >= 4 is 28.2 Å². The summed E-state index contributed by atoms with van der Waals surface area (Å²) in [6.45, 7) is 16.5. The van der Waals surface area contributed by atoms with Gasteiger partial charge in [0.2, 0.25) is 5.91 Å². The highest BCUT2D eigenvalue weighted by atomic mass is 16.2. The van der Waals surface area contributed by atoms with Crippen LogP contribution in [0.2, 0.25) is 0 Å². The molecule has 0 unspecified atom stereocenters. The van der Waals surface area contributed by atoms with Crippen molar-refractivity contribution in [3.8, 4) is 0 Å². The molecule has 1 saturated carbocycles. The number of hydrogen-bond donors (Lipinski definition) is 1. The molecule has 1 aliphatic carbocycles. The van der Waals surface area contributed by atoms with Crippen molar-refractivity contribution in [2.24, 2.45) is 5.92 Å². The molecule has 2 heterocycles. The van der Waals surface area contributed by atoms with Crippen LogP contribution in [-0.2, 0) is 10.2 Å². The number of hydrogen-bond acceptors (Lipinski definition) is 5. The first-order chi connectivity index (χ1) is 17.1. The number of anilines is 2. The van der Waals surface area contributed by atoms with Gasteiger partial charge in [-0.05, 0) is 67.9 Å². The number of benzene rings is 2. The molecular formula is C30H39N5O. The molecule has 6 nitrogen and oxygen atoms in total. The topological polar surface area (TPSA) is 61.4 Å². The SMILES string of the molecule is Cc1c([C@@H](C)Nc2nnc(C)c3ccc(N4CCN(C(=O)C5CC5)CC4)cc23)cccc1C(C)(C)C. The highest BCUT2D eigenvalue weighted by molar-refractivity contribution is 5.95. The van der Waals surface area contributed by atoms with E-state index in [1.165, 1.54) is 22.4 Å². The number of carbonyl (C=O) groups excluding carboxylic acids is 1. The van der Waals surface area contributed by atoms with E-state index in [9.17, 15) is 4.79 Å². The van der Waals surface area contributed by atoms with Gasteiger partial charge in [-0.15, -0.1) is 5.10 Å². The second-order valence-electron chi connectivity index (χ2n) is 11.6. The van der Waals surface area contributed by atoms with Crippen molar-refractivity contribution in [3.63, 3.8) is 0 Å². The smallest absolute Gasteiger partial charge is 0.225 e. The fourth-order valence-electron chi connectivity index (χ4n) is 5.57. The van der Waals surface area contributed by atoms with Gasteiger partial charge in [-0.1, -0.05) is 45.0 Å². The van der Waals surface area contributed by atoms with E-state index in [2.05, 4.69) is 91.4 Å². The molecule has 3 aromatic rings. The first-order valence-electron chi connectivity index (χ1n) is 13.3. The van der Waals surface area contributed by atoms with E-state index < -0.39 is 0 Å². The number of nitrogens with zero attached hydrogens (tertiary/aromatic N) is 4. The van der Waals surface area contributed by atoms with Crippen molar-refractivity contribution in [1.82, 2.24) is 15.1 Å². The summed E-state index contributed by atoms with van der Waals surface area (Å²) in [5.74, 6) is 1.46. The van der Waals surface area contributed by atoms with E-state index in [-0.39, 0.29) is 11.5 Å². The van der Waals surface area contributed by atoms with Gasteiger partial charge in [-0.25, -0.2) is 0 Å². The number of aryl methyl sites for hydroxylation is 1. The van der Waals surface area contributed by atoms with E-state index in [1.54, 1.807) is 0 Å². The summed E-state index contributed by atoms with van der Waals surface area (Å²) in [6, 6.07) is 13.3. The fourth-order valence-corrected chi connectivity index (χ4v) is 5.57. The van der Waals surface area contributed by atoms with Crippen molar-refractivity contribution < 1.29 is 4.79 Å².